The van der Waals surface area contributed by atoms with Gasteiger partial charge in [-0.25, -0.2) is 9.37 Å². The second kappa shape index (κ2) is 8.37. The number of benzene rings is 2. The fourth-order valence-electron chi connectivity index (χ4n) is 2.29. The van der Waals surface area contributed by atoms with Crippen molar-refractivity contribution in [2.45, 2.75) is 11.9 Å². The Hall–Kier alpha value is -2.64. The predicted molar refractivity (Wildman–Crippen MR) is 105 cm³/mol. The summed E-state index contributed by atoms with van der Waals surface area (Å²) in [5.74, 6) is -0.662. The fraction of sp³-hybridized carbons (Fsp3) is 0.105. The van der Waals surface area contributed by atoms with E-state index in [9.17, 15) is 14.0 Å². The van der Waals surface area contributed by atoms with E-state index in [-0.39, 0.29) is 16.7 Å². The van der Waals surface area contributed by atoms with Gasteiger partial charge in [0.25, 0.3) is 5.56 Å². The van der Waals surface area contributed by atoms with Crippen molar-refractivity contribution in [3.63, 3.8) is 0 Å². The maximum atomic E-state index is 13.8. The summed E-state index contributed by atoms with van der Waals surface area (Å²) < 4.78 is 15.1. The summed E-state index contributed by atoms with van der Waals surface area (Å²) in [4.78, 5) is 28.7. The summed E-state index contributed by atoms with van der Waals surface area (Å²) in [7, 11) is 0. The van der Waals surface area contributed by atoms with Gasteiger partial charge in [0.05, 0.1) is 11.4 Å². The van der Waals surface area contributed by atoms with Gasteiger partial charge in [-0.05, 0) is 48.9 Å². The highest BCUT2D eigenvalue weighted by Gasteiger charge is 2.11. The van der Waals surface area contributed by atoms with E-state index in [1.165, 1.54) is 23.0 Å². The topological polar surface area (TPSA) is 64.0 Å². The van der Waals surface area contributed by atoms with E-state index in [1.807, 2.05) is 0 Å². The third kappa shape index (κ3) is 4.75. The first-order valence-electron chi connectivity index (χ1n) is 7.96. The highest BCUT2D eigenvalue weighted by Crippen LogP contribution is 2.16. The molecule has 27 heavy (non-hydrogen) atoms. The number of carbonyl (C=O) groups excluding carboxylic acids is 1. The highest BCUT2D eigenvalue weighted by molar-refractivity contribution is 7.99. The van der Waals surface area contributed by atoms with Gasteiger partial charge in [-0.15, -0.1) is 0 Å². The molecule has 0 aliphatic rings. The minimum absolute atomic E-state index is 0.0111. The quantitative estimate of drug-likeness (QED) is 0.652. The second-order valence-corrected chi connectivity index (χ2v) is 7.09. The van der Waals surface area contributed by atoms with Crippen molar-refractivity contribution in [3.05, 3.63) is 81.6 Å². The molecule has 0 saturated heterocycles. The third-order valence-electron chi connectivity index (χ3n) is 3.71. The van der Waals surface area contributed by atoms with E-state index in [0.29, 0.717) is 22.0 Å². The monoisotopic (exact) mass is 403 g/mol. The Morgan fingerprint density at radius 3 is 2.70 bits per heavy atom. The summed E-state index contributed by atoms with van der Waals surface area (Å²) in [6.45, 7) is 1.65. The lowest BCUT2D eigenvalue weighted by Crippen LogP contribution is -2.22. The molecule has 2 aromatic carbocycles. The molecule has 0 radical (unpaired) electrons. The number of hydrogen-bond donors (Lipinski definition) is 1. The molecule has 1 heterocycles. The number of nitrogens with zero attached hydrogens (tertiary/aromatic N) is 2. The van der Waals surface area contributed by atoms with Gasteiger partial charge in [0.1, 0.15) is 5.82 Å². The van der Waals surface area contributed by atoms with Crippen molar-refractivity contribution in [1.82, 2.24) is 9.55 Å². The largest absolute Gasteiger partial charge is 0.325 e. The Balaban J connectivity index is 1.72. The summed E-state index contributed by atoms with van der Waals surface area (Å²) >= 11 is 6.82. The average molecular weight is 404 g/mol. The molecule has 0 fully saturated rings. The van der Waals surface area contributed by atoms with Crippen molar-refractivity contribution in [2.24, 2.45) is 0 Å². The molecule has 1 N–H and O–H groups in total. The van der Waals surface area contributed by atoms with Crippen LogP contribution in [0.1, 0.15) is 5.56 Å². The standard InChI is InChI=1S/C19H15ClFN3O2S/c1-12-2-7-15(10-16(12)21)24-9-8-22-18(19(24)26)27-11-17(25)23-14-5-3-13(20)4-6-14/h2-10H,11H2,1H3,(H,23,25). The van der Waals surface area contributed by atoms with Gasteiger partial charge >= 0.3 is 0 Å². The number of aryl methyl sites for hydroxylation is 1. The van der Waals surface area contributed by atoms with Crippen LogP contribution < -0.4 is 10.9 Å². The number of aromatic nitrogens is 2. The lowest BCUT2D eigenvalue weighted by Gasteiger charge is -2.09. The number of carbonyl (C=O) groups is 1. The normalized spacial score (nSPS) is 10.6. The van der Waals surface area contributed by atoms with E-state index < -0.39 is 11.4 Å². The summed E-state index contributed by atoms with van der Waals surface area (Å²) in [5, 5.41) is 3.44. The number of rotatable bonds is 5. The average Bonchev–Trinajstić information content (AvgIpc) is 2.65. The summed E-state index contributed by atoms with van der Waals surface area (Å²) in [5.41, 5.74) is 1.09. The molecule has 0 unspecified atom stereocenters. The number of nitrogens with one attached hydrogen (secondary N) is 1. The third-order valence-corrected chi connectivity index (χ3v) is 4.92. The first kappa shape index (κ1) is 19.1. The molecule has 1 aromatic heterocycles. The van der Waals surface area contributed by atoms with Crippen molar-refractivity contribution in [2.75, 3.05) is 11.1 Å². The van der Waals surface area contributed by atoms with Crippen LogP contribution >= 0.6 is 23.4 Å². The SMILES string of the molecule is Cc1ccc(-n2ccnc(SCC(=O)Nc3ccc(Cl)cc3)c2=O)cc1F. The van der Waals surface area contributed by atoms with Crippen LogP contribution in [-0.4, -0.2) is 21.2 Å². The van der Waals surface area contributed by atoms with Gasteiger partial charge in [0.15, 0.2) is 5.03 Å². The smallest absolute Gasteiger partial charge is 0.287 e. The molecule has 138 valence electrons. The summed E-state index contributed by atoms with van der Waals surface area (Å²) in [6, 6.07) is 11.3. The first-order chi connectivity index (χ1) is 12.9. The summed E-state index contributed by atoms with van der Waals surface area (Å²) in [6.07, 6.45) is 2.91. The highest BCUT2D eigenvalue weighted by atomic mass is 35.5. The van der Waals surface area contributed by atoms with E-state index in [4.69, 9.17) is 11.6 Å². The number of anilines is 1. The minimum Gasteiger partial charge on any atom is -0.325 e. The Kier molecular flexibility index (Phi) is 5.93. The van der Waals surface area contributed by atoms with Crippen molar-refractivity contribution in [1.29, 1.82) is 0 Å². The van der Waals surface area contributed by atoms with Crippen LogP contribution in [0.3, 0.4) is 0 Å². The molecule has 8 heteroatoms. The number of halogens is 2. The Morgan fingerprint density at radius 2 is 2.00 bits per heavy atom. The zero-order valence-electron chi connectivity index (χ0n) is 14.3. The van der Waals surface area contributed by atoms with Crippen LogP contribution in [0.4, 0.5) is 10.1 Å². The van der Waals surface area contributed by atoms with Gasteiger partial charge in [0, 0.05) is 23.1 Å². The van der Waals surface area contributed by atoms with Gasteiger partial charge in [-0.2, -0.15) is 0 Å². The zero-order valence-corrected chi connectivity index (χ0v) is 15.9. The molecule has 3 aromatic rings. The van der Waals surface area contributed by atoms with Gasteiger partial charge in [0.2, 0.25) is 5.91 Å². The molecule has 0 saturated carbocycles. The lowest BCUT2D eigenvalue weighted by atomic mass is 10.2. The second-order valence-electron chi connectivity index (χ2n) is 5.68. The maximum Gasteiger partial charge on any atom is 0.287 e. The molecule has 0 atom stereocenters. The van der Waals surface area contributed by atoms with Crippen molar-refractivity contribution < 1.29 is 9.18 Å². The fourth-order valence-corrected chi connectivity index (χ4v) is 3.11. The molecular weight excluding hydrogens is 389 g/mol. The molecule has 3 rings (SSSR count). The molecule has 0 spiro atoms. The molecule has 5 nitrogen and oxygen atoms in total. The Morgan fingerprint density at radius 1 is 1.26 bits per heavy atom. The molecular formula is C19H15ClFN3O2S. The van der Waals surface area contributed by atoms with Gasteiger partial charge in [-0.3, -0.25) is 14.2 Å². The molecule has 0 aliphatic heterocycles. The minimum atomic E-state index is -0.412. The van der Waals surface area contributed by atoms with E-state index >= 15 is 0 Å². The van der Waals surface area contributed by atoms with Crippen LogP contribution in [0.5, 0.6) is 0 Å². The molecule has 1 amide bonds. The number of hydrogen-bond acceptors (Lipinski definition) is 4. The first-order valence-corrected chi connectivity index (χ1v) is 9.33. The number of amides is 1. The van der Waals surface area contributed by atoms with Crippen LogP contribution in [0.15, 0.2) is 64.7 Å². The Labute approximate surface area is 164 Å². The van der Waals surface area contributed by atoms with Crippen molar-refractivity contribution in [3.8, 4) is 5.69 Å². The van der Waals surface area contributed by atoms with Crippen LogP contribution in [0, 0.1) is 12.7 Å². The van der Waals surface area contributed by atoms with E-state index in [1.54, 1.807) is 43.3 Å². The zero-order chi connectivity index (χ0) is 19.4. The Bertz CT molecular complexity index is 1040. The lowest BCUT2D eigenvalue weighted by molar-refractivity contribution is -0.113. The maximum absolute atomic E-state index is 13.8. The molecule has 0 aliphatic carbocycles. The molecule has 0 bridgehead atoms. The van der Waals surface area contributed by atoms with Crippen LogP contribution in [-0.2, 0) is 4.79 Å². The predicted octanol–water partition coefficient (Wildman–Crippen LogP) is 4.06. The van der Waals surface area contributed by atoms with E-state index in [2.05, 4.69) is 10.3 Å². The number of thioether (sulfide) groups is 1. The van der Waals surface area contributed by atoms with E-state index in [0.717, 1.165) is 11.8 Å². The van der Waals surface area contributed by atoms with Gasteiger partial charge in [-0.1, -0.05) is 29.4 Å². The van der Waals surface area contributed by atoms with Crippen LogP contribution in [0.2, 0.25) is 5.02 Å². The van der Waals surface area contributed by atoms with Crippen molar-refractivity contribution >= 4 is 35.0 Å². The van der Waals surface area contributed by atoms with Gasteiger partial charge < -0.3 is 5.32 Å². The van der Waals surface area contributed by atoms with Crippen LogP contribution in [0.25, 0.3) is 5.69 Å².